The first-order valence-electron chi connectivity index (χ1n) is 4.97. The lowest BCUT2D eigenvalue weighted by Gasteiger charge is -2.34. The topological polar surface area (TPSA) is 38.0 Å². The highest BCUT2D eigenvalue weighted by molar-refractivity contribution is 6.33. The zero-order valence-corrected chi connectivity index (χ0v) is 9.01. The maximum Gasteiger partial charge on any atom is 0.0739 e. The molecular weight excluding hydrogens is 196 g/mol. The molecular formula is C11H15ClN2. The standard InChI is InChI=1S/C11H15ClN2/c1-7-5-8(6-7)14-10-4-2-3-9(12)11(10)13/h2-4,7-8,14H,5-6,13H2,1H3. The minimum Gasteiger partial charge on any atom is -0.396 e. The molecule has 0 bridgehead atoms. The Morgan fingerprint density at radius 3 is 2.79 bits per heavy atom. The zero-order chi connectivity index (χ0) is 10.1. The quantitative estimate of drug-likeness (QED) is 0.737. The second-order valence-electron chi connectivity index (χ2n) is 4.12. The molecule has 0 unspecified atom stereocenters. The van der Waals surface area contributed by atoms with Crippen LogP contribution in [-0.2, 0) is 0 Å². The summed E-state index contributed by atoms with van der Waals surface area (Å²) in [5.41, 5.74) is 7.48. The molecule has 0 spiro atoms. The average Bonchev–Trinajstić information content (AvgIpc) is 2.10. The lowest BCUT2D eigenvalue weighted by Crippen LogP contribution is -2.33. The van der Waals surface area contributed by atoms with Crippen LogP contribution in [0.15, 0.2) is 18.2 Å². The predicted molar refractivity (Wildman–Crippen MR) is 61.7 cm³/mol. The van der Waals surface area contributed by atoms with Crippen LogP contribution in [0.5, 0.6) is 0 Å². The van der Waals surface area contributed by atoms with Crippen LogP contribution in [0, 0.1) is 5.92 Å². The van der Waals surface area contributed by atoms with Crippen LogP contribution in [0.25, 0.3) is 0 Å². The molecule has 76 valence electrons. The summed E-state index contributed by atoms with van der Waals surface area (Å²) in [4.78, 5) is 0. The summed E-state index contributed by atoms with van der Waals surface area (Å²) in [6, 6.07) is 6.28. The number of nitrogens with two attached hydrogens (primary N) is 1. The molecule has 1 saturated carbocycles. The summed E-state index contributed by atoms with van der Waals surface area (Å²) in [6.07, 6.45) is 2.46. The monoisotopic (exact) mass is 210 g/mol. The van der Waals surface area contributed by atoms with E-state index >= 15 is 0 Å². The van der Waals surface area contributed by atoms with Gasteiger partial charge in [-0.15, -0.1) is 0 Å². The molecule has 0 radical (unpaired) electrons. The minimum absolute atomic E-state index is 0.575. The third-order valence-electron chi connectivity index (χ3n) is 2.79. The molecule has 14 heavy (non-hydrogen) atoms. The van der Waals surface area contributed by atoms with Crippen LogP contribution in [0.4, 0.5) is 11.4 Å². The van der Waals surface area contributed by atoms with Gasteiger partial charge in [0.15, 0.2) is 0 Å². The van der Waals surface area contributed by atoms with Gasteiger partial charge in [-0.1, -0.05) is 24.6 Å². The first-order valence-corrected chi connectivity index (χ1v) is 5.35. The molecule has 0 heterocycles. The molecule has 3 heteroatoms. The van der Waals surface area contributed by atoms with Gasteiger partial charge in [0, 0.05) is 6.04 Å². The van der Waals surface area contributed by atoms with Gasteiger partial charge < -0.3 is 11.1 Å². The van der Waals surface area contributed by atoms with Crippen molar-refractivity contribution < 1.29 is 0 Å². The van der Waals surface area contributed by atoms with Crippen molar-refractivity contribution in [3.63, 3.8) is 0 Å². The minimum atomic E-state index is 0.575. The van der Waals surface area contributed by atoms with Crippen molar-refractivity contribution in [2.75, 3.05) is 11.1 Å². The molecule has 2 nitrogen and oxygen atoms in total. The van der Waals surface area contributed by atoms with Crippen LogP contribution in [0.3, 0.4) is 0 Å². The Labute approximate surface area is 89.4 Å². The Hall–Kier alpha value is -0.890. The van der Waals surface area contributed by atoms with Crippen molar-refractivity contribution in [3.05, 3.63) is 23.2 Å². The Morgan fingerprint density at radius 1 is 1.43 bits per heavy atom. The number of rotatable bonds is 2. The molecule has 0 aliphatic heterocycles. The molecule has 1 aromatic rings. The number of nitrogen functional groups attached to an aromatic ring is 1. The van der Waals surface area contributed by atoms with Crippen molar-refractivity contribution >= 4 is 23.0 Å². The van der Waals surface area contributed by atoms with Crippen molar-refractivity contribution in [2.45, 2.75) is 25.8 Å². The van der Waals surface area contributed by atoms with Gasteiger partial charge in [-0.05, 0) is 30.9 Å². The number of nitrogens with one attached hydrogen (secondary N) is 1. The molecule has 1 aliphatic rings. The highest BCUT2D eigenvalue weighted by Gasteiger charge is 2.25. The first-order chi connectivity index (χ1) is 6.66. The fraction of sp³-hybridized carbons (Fsp3) is 0.455. The first kappa shape index (κ1) is 9.66. The Balaban J connectivity index is 2.06. The van der Waals surface area contributed by atoms with E-state index in [4.69, 9.17) is 17.3 Å². The van der Waals surface area contributed by atoms with Crippen molar-refractivity contribution in [1.29, 1.82) is 0 Å². The molecule has 0 saturated heterocycles. The summed E-state index contributed by atoms with van der Waals surface area (Å²) >= 11 is 5.92. The van der Waals surface area contributed by atoms with E-state index in [9.17, 15) is 0 Å². The number of para-hydroxylation sites is 1. The van der Waals surface area contributed by atoms with Gasteiger partial charge in [0.2, 0.25) is 0 Å². The van der Waals surface area contributed by atoms with Gasteiger partial charge in [-0.25, -0.2) is 0 Å². The van der Waals surface area contributed by atoms with E-state index < -0.39 is 0 Å². The van der Waals surface area contributed by atoms with E-state index in [1.54, 1.807) is 0 Å². The summed E-state index contributed by atoms with van der Waals surface area (Å²) < 4.78 is 0. The van der Waals surface area contributed by atoms with Gasteiger partial charge in [0.05, 0.1) is 16.4 Å². The van der Waals surface area contributed by atoms with Gasteiger partial charge >= 0.3 is 0 Å². The molecule has 0 amide bonds. The fourth-order valence-electron chi connectivity index (χ4n) is 1.90. The maximum atomic E-state index is 5.92. The third-order valence-corrected chi connectivity index (χ3v) is 3.12. The van der Waals surface area contributed by atoms with Crippen LogP contribution in [-0.4, -0.2) is 6.04 Å². The van der Waals surface area contributed by atoms with E-state index in [2.05, 4.69) is 12.2 Å². The van der Waals surface area contributed by atoms with Crippen LogP contribution in [0.2, 0.25) is 5.02 Å². The molecule has 1 aromatic carbocycles. The smallest absolute Gasteiger partial charge is 0.0739 e. The number of benzene rings is 1. The van der Waals surface area contributed by atoms with Gasteiger partial charge in [-0.2, -0.15) is 0 Å². The predicted octanol–water partition coefficient (Wildman–Crippen LogP) is 3.13. The Morgan fingerprint density at radius 2 is 2.14 bits per heavy atom. The average molecular weight is 211 g/mol. The van der Waals surface area contributed by atoms with Crippen molar-refractivity contribution in [3.8, 4) is 0 Å². The summed E-state index contributed by atoms with van der Waals surface area (Å²) in [7, 11) is 0. The lowest BCUT2D eigenvalue weighted by molar-refractivity contribution is 0.309. The van der Waals surface area contributed by atoms with Crippen LogP contribution in [0.1, 0.15) is 19.8 Å². The highest BCUT2D eigenvalue weighted by atomic mass is 35.5. The number of hydrogen-bond acceptors (Lipinski definition) is 2. The van der Waals surface area contributed by atoms with E-state index in [0.717, 1.165) is 11.6 Å². The zero-order valence-electron chi connectivity index (χ0n) is 8.26. The lowest BCUT2D eigenvalue weighted by atomic mass is 9.82. The van der Waals surface area contributed by atoms with E-state index in [-0.39, 0.29) is 0 Å². The Bertz CT molecular complexity index is 332. The van der Waals surface area contributed by atoms with E-state index in [1.807, 2.05) is 18.2 Å². The molecule has 1 aliphatic carbocycles. The number of anilines is 2. The number of hydrogen-bond donors (Lipinski definition) is 2. The van der Waals surface area contributed by atoms with E-state index in [0.29, 0.717) is 16.8 Å². The molecule has 2 rings (SSSR count). The second-order valence-corrected chi connectivity index (χ2v) is 4.53. The molecule has 3 N–H and O–H groups in total. The van der Waals surface area contributed by atoms with Crippen LogP contribution >= 0.6 is 11.6 Å². The second kappa shape index (κ2) is 3.70. The fourth-order valence-corrected chi connectivity index (χ4v) is 2.08. The van der Waals surface area contributed by atoms with Crippen LogP contribution < -0.4 is 11.1 Å². The summed E-state index contributed by atoms with van der Waals surface area (Å²) in [5, 5.41) is 4.04. The van der Waals surface area contributed by atoms with Crippen molar-refractivity contribution in [1.82, 2.24) is 0 Å². The number of halogens is 1. The molecule has 0 atom stereocenters. The molecule has 0 aromatic heterocycles. The third kappa shape index (κ3) is 1.80. The normalized spacial score (nSPS) is 25.6. The van der Waals surface area contributed by atoms with Gasteiger partial charge in [-0.3, -0.25) is 0 Å². The Kier molecular flexibility index (Phi) is 2.55. The summed E-state index contributed by atoms with van der Waals surface area (Å²) in [5.74, 6) is 0.841. The SMILES string of the molecule is CC1CC(Nc2cccc(Cl)c2N)C1. The summed E-state index contributed by atoms with van der Waals surface area (Å²) in [6.45, 7) is 2.26. The highest BCUT2D eigenvalue weighted by Crippen LogP contribution is 2.33. The van der Waals surface area contributed by atoms with E-state index in [1.165, 1.54) is 12.8 Å². The van der Waals surface area contributed by atoms with Gasteiger partial charge in [0.25, 0.3) is 0 Å². The van der Waals surface area contributed by atoms with Gasteiger partial charge in [0.1, 0.15) is 0 Å². The maximum absolute atomic E-state index is 5.92. The molecule has 1 fully saturated rings. The van der Waals surface area contributed by atoms with Crippen molar-refractivity contribution in [2.24, 2.45) is 5.92 Å². The largest absolute Gasteiger partial charge is 0.396 e.